The quantitative estimate of drug-likeness (QED) is 0.807. The molecule has 1 unspecified atom stereocenters. The second-order valence-corrected chi connectivity index (χ2v) is 7.19. The molecule has 2 nitrogen and oxygen atoms in total. The van der Waals surface area contributed by atoms with Crippen LogP contribution in [0.1, 0.15) is 51.0 Å². The van der Waals surface area contributed by atoms with E-state index in [1.54, 1.807) is 0 Å². The zero-order valence-corrected chi connectivity index (χ0v) is 12.8. The second kappa shape index (κ2) is 4.88. The number of benzene rings is 1. The molecular formula is C19H24O2. The van der Waals surface area contributed by atoms with Gasteiger partial charge in [0.25, 0.3) is 0 Å². The first-order valence-corrected chi connectivity index (χ1v) is 8.26. The lowest BCUT2D eigenvalue weighted by Gasteiger charge is -2.42. The predicted octanol–water partition coefficient (Wildman–Crippen LogP) is 4.60. The molecule has 2 bridgehead atoms. The molecule has 2 heterocycles. The van der Waals surface area contributed by atoms with E-state index in [1.807, 2.05) is 6.07 Å². The van der Waals surface area contributed by atoms with E-state index in [1.165, 1.54) is 37.7 Å². The van der Waals surface area contributed by atoms with Gasteiger partial charge in [-0.3, -0.25) is 0 Å². The van der Waals surface area contributed by atoms with Gasteiger partial charge >= 0.3 is 0 Å². The minimum Gasteiger partial charge on any atom is -0.493 e. The summed E-state index contributed by atoms with van der Waals surface area (Å²) in [4.78, 5) is 0. The Kier molecular flexibility index (Phi) is 3.11. The van der Waals surface area contributed by atoms with Gasteiger partial charge in [0.05, 0.1) is 17.0 Å². The fourth-order valence-corrected chi connectivity index (χ4v) is 4.59. The summed E-state index contributed by atoms with van der Waals surface area (Å²) < 4.78 is 12.6. The standard InChI is InChI=1S/C19H24O2/c1-18-11-16-9-5-6-10-19(16,21-18)13-17(12-18)20-14-15-7-3-2-4-8-15/h2-4,7-8,12,16H,5-6,9-11,13-14H2,1H3/t16?,18-,19-/m0/s1. The lowest BCUT2D eigenvalue weighted by atomic mass is 9.73. The van der Waals surface area contributed by atoms with Crippen LogP contribution in [0.15, 0.2) is 42.2 Å². The highest BCUT2D eigenvalue weighted by molar-refractivity contribution is 5.22. The Morgan fingerprint density at radius 3 is 2.95 bits per heavy atom. The average Bonchev–Trinajstić information content (AvgIpc) is 2.70. The fraction of sp³-hybridized carbons (Fsp3) is 0.579. The molecule has 0 aromatic heterocycles. The lowest BCUT2D eigenvalue weighted by molar-refractivity contribution is -0.118. The second-order valence-electron chi connectivity index (χ2n) is 7.19. The van der Waals surface area contributed by atoms with Gasteiger partial charge in [-0.15, -0.1) is 0 Å². The van der Waals surface area contributed by atoms with Crippen LogP contribution in [-0.4, -0.2) is 11.2 Å². The van der Waals surface area contributed by atoms with E-state index in [0.717, 1.165) is 18.1 Å². The van der Waals surface area contributed by atoms with Crippen molar-refractivity contribution in [3.05, 3.63) is 47.7 Å². The number of rotatable bonds is 3. The summed E-state index contributed by atoms with van der Waals surface area (Å²) in [5.41, 5.74) is 1.22. The fourth-order valence-electron chi connectivity index (χ4n) is 4.59. The first kappa shape index (κ1) is 13.4. The van der Waals surface area contributed by atoms with Crippen LogP contribution in [0.4, 0.5) is 0 Å². The first-order chi connectivity index (χ1) is 10.2. The minimum atomic E-state index is -0.0979. The van der Waals surface area contributed by atoms with E-state index in [9.17, 15) is 0 Å². The maximum absolute atomic E-state index is 6.50. The summed E-state index contributed by atoms with van der Waals surface area (Å²) in [5.74, 6) is 1.88. The van der Waals surface area contributed by atoms with Gasteiger partial charge in [0.1, 0.15) is 6.61 Å². The van der Waals surface area contributed by atoms with Crippen molar-refractivity contribution >= 4 is 0 Å². The molecule has 2 heteroatoms. The molecule has 1 saturated carbocycles. The lowest BCUT2D eigenvalue weighted by Crippen LogP contribution is -2.42. The van der Waals surface area contributed by atoms with Gasteiger partial charge < -0.3 is 9.47 Å². The minimum absolute atomic E-state index is 0.0772. The summed E-state index contributed by atoms with van der Waals surface area (Å²) in [7, 11) is 0. The summed E-state index contributed by atoms with van der Waals surface area (Å²) in [5, 5.41) is 0. The van der Waals surface area contributed by atoms with Gasteiger partial charge in [-0.05, 0) is 43.7 Å². The highest BCUT2D eigenvalue weighted by Gasteiger charge is 2.56. The molecule has 1 spiro atoms. The first-order valence-electron chi connectivity index (χ1n) is 8.26. The van der Waals surface area contributed by atoms with Crippen molar-refractivity contribution in [1.29, 1.82) is 0 Å². The Bertz CT molecular complexity index is 550. The molecule has 3 atom stereocenters. The SMILES string of the molecule is C[C@@]12C=C(OCc3ccccc3)C[C@]3(CCCCC3C1)O2. The number of hydrogen-bond acceptors (Lipinski definition) is 2. The van der Waals surface area contributed by atoms with Crippen molar-refractivity contribution in [2.75, 3.05) is 0 Å². The van der Waals surface area contributed by atoms with E-state index in [0.29, 0.717) is 6.61 Å². The molecule has 0 amide bonds. The van der Waals surface area contributed by atoms with Crippen LogP contribution in [0, 0.1) is 5.92 Å². The Balaban J connectivity index is 1.51. The maximum atomic E-state index is 6.50. The third kappa shape index (κ3) is 2.40. The van der Waals surface area contributed by atoms with Gasteiger partial charge in [-0.25, -0.2) is 0 Å². The molecule has 0 N–H and O–H groups in total. The number of ether oxygens (including phenoxy) is 2. The van der Waals surface area contributed by atoms with Crippen molar-refractivity contribution in [3.8, 4) is 0 Å². The monoisotopic (exact) mass is 284 g/mol. The van der Waals surface area contributed by atoms with Crippen molar-refractivity contribution in [2.45, 2.75) is 63.3 Å². The molecular weight excluding hydrogens is 260 g/mol. The summed E-state index contributed by atoms with van der Waals surface area (Å²) in [6.45, 7) is 2.90. The summed E-state index contributed by atoms with van der Waals surface area (Å²) in [6, 6.07) is 10.4. The highest BCUT2D eigenvalue weighted by Crippen LogP contribution is 2.56. The third-order valence-electron chi connectivity index (χ3n) is 5.44. The smallest absolute Gasteiger partial charge is 0.113 e. The van der Waals surface area contributed by atoms with Crippen LogP contribution in [0.2, 0.25) is 0 Å². The average molecular weight is 284 g/mol. The maximum Gasteiger partial charge on any atom is 0.113 e. The molecule has 1 saturated heterocycles. The molecule has 4 rings (SSSR count). The normalized spacial score (nSPS) is 37.8. The zero-order chi connectivity index (χ0) is 14.3. The topological polar surface area (TPSA) is 18.5 Å². The largest absolute Gasteiger partial charge is 0.493 e. The van der Waals surface area contributed by atoms with E-state index in [-0.39, 0.29) is 11.2 Å². The van der Waals surface area contributed by atoms with Gasteiger partial charge in [0.2, 0.25) is 0 Å². The van der Waals surface area contributed by atoms with E-state index in [4.69, 9.17) is 9.47 Å². The van der Waals surface area contributed by atoms with Crippen molar-refractivity contribution in [3.63, 3.8) is 0 Å². The highest BCUT2D eigenvalue weighted by atomic mass is 16.5. The molecule has 1 aromatic rings. The molecule has 2 fully saturated rings. The van der Waals surface area contributed by atoms with Crippen molar-refractivity contribution in [1.82, 2.24) is 0 Å². The van der Waals surface area contributed by atoms with Gasteiger partial charge in [0, 0.05) is 6.42 Å². The number of fused-ring (bicyclic) bond motifs is 1. The predicted molar refractivity (Wildman–Crippen MR) is 82.7 cm³/mol. The molecule has 21 heavy (non-hydrogen) atoms. The van der Waals surface area contributed by atoms with Gasteiger partial charge in [-0.1, -0.05) is 43.2 Å². The summed E-state index contributed by atoms with van der Waals surface area (Å²) >= 11 is 0. The van der Waals surface area contributed by atoms with Crippen molar-refractivity contribution < 1.29 is 9.47 Å². The summed E-state index contributed by atoms with van der Waals surface area (Å²) in [6.07, 6.45) is 9.60. The van der Waals surface area contributed by atoms with Gasteiger partial charge in [-0.2, -0.15) is 0 Å². The Hall–Kier alpha value is -1.28. The molecule has 3 aliphatic rings. The molecule has 2 aliphatic heterocycles. The van der Waals surface area contributed by atoms with Gasteiger partial charge in [0.15, 0.2) is 0 Å². The number of hydrogen-bond donors (Lipinski definition) is 0. The Morgan fingerprint density at radius 2 is 2.10 bits per heavy atom. The van der Waals surface area contributed by atoms with E-state index in [2.05, 4.69) is 37.3 Å². The van der Waals surface area contributed by atoms with Crippen LogP contribution in [0.3, 0.4) is 0 Å². The van der Waals surface area contributed by atoms with Crippen molar-refractivity contribution in [2.24, 2.45) is 5.92 Å². The third-order valence-corrected chi connectivity index (χ3v) is 5.44. The van der Waals surface area contributed by atoms with E-state index < -0.39 is 0 Å². The zero-order valence-electron chi connectivity index (χ0n) is 12.8. The van der Waals surface area contributed by atoms with Crippen LogP contribution >= 0.6 is 0 Å². The van der Waals surface area contributed by atoms with Crippen LogP contribution in [-0.2, 0) is 16.1 Å². The van der Waals surface area contributed by atoms with Crippen LogP contribution in [0.5, 0.6) is 0 Å². The van der Waals surface area contributed by atoms with E-state index >= 15 is 0 Å². The molecule has 0 radical (unpaired) electrons. The Morgan fingerprint density at radius 1 is 1.24 bits per heavy atom. The van der Waals surface area contributed by atoms with Crippen LogP contribution in [0.25, 0.3) is 0 Å². The molecule has 112 valence electrons. The molecule has 1 aromatic carbocycles. The molecule has 1 aliphatic carbocycles. The Labute approximate surface area is 127 Å². The van der Waals surface area contributed by atoms with Crippen LogP contribution < -0.4 is 0 Å².